The normalized spacial score (nSPS) is 11.1. The van der Waals surface area contributed by atoms with E-state index in [1.807, 2.05) is 19.1 Å². The Morgan fingerprint density at radius 1 is 1.26 bits per heavy atom. The summed E-state index contributed by atoms with van der Waals surface area (Å²) in [6.07, 6.45) is 0. The van der Waals surface area contributed by atoms with Crippen LogP contribution in [0, 0.1) is 6.92 Å². The molecule has 0 saturated carbocycles. The highest BCUT2D eigenvalue weighted by Gasteiger charge is 2.08. The lowest BCUT2D eigenvalue weighted by molar-refractivity contribution is -0.122. The quantitative estimate of drug-likeness (QED) is 0.741. The van der Waals surface area contributed by atoms with Crippen LogP contribution in [0.1, 0.15) is 5.56 Å². The van der Waals surface area contributed by atoms with Gasteiger partial charge in [-0.15, -0.1) is 0 Å². The molecule has 0 aliphatic rings. The first-order chi connectivity index (χ1) is 8.93. The van der Waals surface area contributed by atoms with E-state index in [2.05, 4.69) is 10.0 Å². The van der Waals surface area contributed by atoms with Crippen LogP contribution in [0.5, 0.6) is 5.75 Å². The summed E-state index contributed by atoms with van der Waals surface area (Å²) in [5.41, 5.74) is 1.11. The maximum Gasteiger partial charge on any atom is 0.257 e. The summed E-state index contributed by atoms with van der Waals surface area (Å²) in [6.45, 7) is 1.88. The molecule has 0 bridgehead atoms. The minimum Gasteiger partial charge on any atom is -0.484 e. The van der Waals surface area contributed by atoms with E-state index in [4.69, 9.17) is 4.74 Å². The Morgan fingerprint density at radius 3 is 2.47 bits per heavy atom. The molecule has 0 aromatic heterocycles. The topological polar surface area (TPSA) is 84.5 Å². The summed E-state index contributed by atoms with van der Waals surface area (Å²) in [4.78, 5) is 11.4. The average molecular weight is 286 g/mol. The fourth-order valence-electron chi connectivity index (χ4n) is 1.26. The third-order valence-corrected chi connectivity index (χ3v) is 3.76. The lowest BCUT2D eigenvalue weighted by atomic mass is 10.2. The van der Waals surface area contributed by atoms with Gasteiger partial charge in [-0.1, -0.05) is 17.7 Å². The molecule has 1 aromatic rings. The van der Waals surface area contributed by atoms with E-state index < -0.39 is 10.0 Å². The first kappa shape index (κ1) is 15.5. The lowest BCUT2D eigenvalue weighted by Gasteiger charge is -2.07. The highest BCUT2D eigenvalue weighted by Crippen LogP contribution is 2.10. The van der Waals surface area contributed by atoms with Gasteiger partial charge in [0.1, 0.15) is 5.75 Å². The van der Waals surface area contributed by atoms with Gasteiger partial charge in [0, 0.05) is 6.54 Å². The number of rotatable bonds is 7. The Balaban J connectivity index is 2.27. The molecule has 0 fully saturated rings. The number of carbonyl (C=O) groups is 1. The Morgan fingerprint density at radius 2 is 1.89 bits per heavy atom. The monoisotopic (exact) mass is 286 g/mol. The molecule has 6 nitrogen and oxygen atoms in total. The van der Waals surface area contributed by atoms with Crippen LogP contribution in [0.3, 0.4) is 0 Å². The zero-order valence-electron chi connectivity index (χ0n) is 11.0. The Bertz CT molecular complexity index is 511. The standard InChI is InChI=1S/C12H18N2O4S/c1-10-3-5-11(6-4-10)18-9-12(15)14-7-8-19(16,17)13-2/h3-6,13H,7-9H2,1-2H3,(H,14,15). The summed E-state index contributed by atoms with van der Waals surface area (Å²) in [7, 11) is -1.96. The second-order valence-electron chi connectivity index (χ2n) is 3.97. The van der Waals surface area contributed by atoms with Crippen molar-refractivity contribution < 1.29 is 17.9 Å². The molecule has 0 saturated heterocycles. The molecule has 2 N–H and O–H groups in total. The van der Waals surface area contributed by atoms with Crippen molar-refractivity contribution in [1.82, 2.24) is 10.0 Å². The molecule has 1 rings (SSSR count). The number of hydrogen-bond acceptors (Lipinski definition) is 4. The molecule has 7 heteroatoms. The van der Waals surface area contributed by atoms with E-state index in [0.29, 0.717) is 5.75 Å². The van der Waals surface area contributed by atoms with Gasteiger partial charge >= 0.3 is 0 Å². The van der Waals surface area contributed by atoms with Gasteiger partial charge in [0.15, 0.2) is 6.61 Å². The van der Waals surface area contributed by atoms with Crippen molar-refractivity contribution in [2.45, 2.75) is 6.92 Å². The number of sulfonamides is 1. The molecule has 1 amide bonds. The van der Waals surface area contributed by atoms with Gasteiger partial charge in [-0.3, -0.25) is 4.79 Å². The van der Waals surface area contributed by atoms with Crippen LogP contribution in [0.25, 0.3) is 0 Å². The van der Waals surface area contributed by atoms with Crippen LogP contribution in [-0.2, 0) is 14.8 Å². The van der Waals surface area contributed by atoms with E-state index >= 15 is 0 Å². The minimum absolute atomic E-state index is 0.0548. The fourth-order valence-corrected chi connectivity index (χ4v) is 1.84. The maximum atomic E-state index is 11.4. The summed E-state index contributed by atoms with van der Waals surface area (Å²) < 4.78 is 29.6. The lowest BCUT2D eigenvalue weighted by Crippen LogP contribution is -2.35. The maximum absolute atomic E-state index is 11.4. The van der Waals surface area contributed by atoms with Gasteiger partial charge in [0.25, 0.3) is 5.91 Å². The van der Waals surface area contributed by atoms with E-state index in [0.717, 1.165) is 5.56 Å². The van der Waals surface area contributed by atoms with E-state index in [1.54, 1.807) is 12.1 Å². The third-order valence-electron chi connectivity index (χ3n) is 2.39. The molecule has 0 spiro atoms. The summed E-state index contributed by atoms with van der Waals surface area (Å²) in [6, 6.07) is 7.31. The second kappa shape index (κ2) is 7.10. The Labute approximate surface area is 113 Å². The molecule has 0 aliphatic carbocycles. The molecule has 0 unspecified atom stereocenters. The molecule has 1 aromatic carbocycles. The van der Waals surface area contributed by atoms with Crippen molar-refractivity contribution >= 4 is 15.9 Å². The molecular formula is C12H18N2O4S. The van der Waals surface area contributed by atoms with Crippen LogP contribution in [0.4, 0.5) is 0 Å². The molecular weight excluding hydrogens is 268 g/mol. The molecule has 106 valence electrons. The van der Waals surface area contributed by atoms with Gasteiger partial charge in [-0.25, -0.2) is 13.1 Å². The van der Waals surface area contributed by atoms with E-state index in [1.165, 1.54) is 7.05 Å². The van der Waals surface area contributed by atoms with Crippen LogP contribution in [0.15, 0.2) is 24.3 Å². The third kappa shape index (κ3) is 6.21. The smallest absolute Gasteiger partial charge is 0.257 e. The SMILES string of the molecule is CNS(=O)(=O)CCNC(=O)COc1ccc(C)cc1. The molecule has 0 radical (unpaired) electrons. The van der Waals surface area contributed by atoms with Crippen LogP contribution >= 0.6 is 0 Å². The number of nitrogens with one attached hydrogen (secondary N) is 2. The second-order valence-corrected chi connectivity index (χ2v) is 6.02. The van der Waals surface area contributed by atoms with Gasteiger partial charge in [0.05, 0.1) is 5.75 Å². The highest BCUT2D eigenvalue weighted by atomic mass is 32.2. The number of ether oxygens (including phenoxy) is 1. The number of benzene rings is 1. The minimum atomic E-state index is -3.29. The highest BCUT2D eigenvalue weighted by molar-refractivity contribution is 7.89. The van der Waals surface area contributed by atoms with Gasteiger partial charge < -0.3 is 10.1 Å². The number of carbonyl (C=O) groups excluding carboxylic acids is 1. The van der Waals surface area contributed by atoms with Gasteiger partial charge in [0.2, 0.25) is 10.0 Å². The van der Waals surface area contributed by atoms with Crippen molar-refractivity contribution in [2.24, 2.45) is 0 Å². The predicted molar refractivity (Wildman–Crippen MR) is 72.5 cm³/mol. The number of amides is 1. The predicted octanol–water partition coefficient (Wildman–Crippen LogP) is 0.0392. The van der Waals surface area contributed by atoms with Crippen molar-refractivity contribution in [3.63, 3.8) is 0 Å². The molecule has 19 heavy (non-hydrogen) atoms. The Kier molecular flexibility index (Phi) is 5.78. The van der Waals surface area contributed by atoms with E-state index in [-0.39, 0.29) is 24.8 Å². The first-order valence-electron chi connectivity index (χ1n) is 5.80. The zero-order valence-corrected chi connectivity index (χ0v) is 11.8. The van der Waals surface area contributed by atoms with Gasteiger partial charge in [-0.05, 0) is 26.1 Å². The van der Waals surface area contributed by atoms with Crippen molar-refractivity contribution in [3.05, 3.63) is 29.8 Å². The average Bonchev–Trinajstić information content (AvgIpc) is 2.38. The van der Waals surface area contributed by atoms with Crippen molar-refractivity contribution in [3.8, 4) is 5.75 Å². The summed E-state index contributed by atoms with van der Waals surface area (Å²) >= 11 is 0. The Hall–Kier alpha value is -1.60. The van der Waals surface area contributed by atoms with Crippen LogP contribution in [-0.4, -0.2) is 40.3 Å². The zero-order chi connectivity index (χ0) is 14.3. The van der Waals surface area contributed by atoms with Gasteiger partial charge in [-0.2, -0.15) is 0 Å². The molecule has 0 heterocycles. The molecule has 0 aliphatic heterocycles. The largest absolute Gasteiger partial charge is 0.484 e. The fraction of sp³-hybridized carbons (Fsp3) is 0.417. The van der Waals surface area contributed by atoms with Crippen molar-refractivity contribution in [2.75, 3.05) is 26.0 Å². The summed E-state index contributed by atoms with van der Waals surface area (Å²) in [5, 5.41) is 2.47. The molecule has 0 atom stereocenters. The van der Waals surface area contributed by atoms with Crippen molar-refractivity contribution in [1.29, 1.82) is 0 Å². The number of hydrogen-bond donors (Lipinski definition) is 2. The number of aryl methyl sites for hydroxylation is 1. The van der Waals surface area contributed by atoms with Crippen LogP contribution < -0.4 is 14.8 Å². The van der Waals surface area contributed by atoms with E-state index in [9.17, 15) is 13.2 Å². The van der Waals surface area contributed by atoms with Crippen LogP contribution in [0.2, 0.25) is 0 Å². The first-order valence-corrected chi connectivity index (χ1v) is 7.45. The summed E-state index contributed by atoms with van der Waals surface area (Å²) in [5.74, 6) is 0.0928.